The molecule has 35 heavy (non-hydrogen) atoms. The third kappa shape index (κ3) is 9.16. The molecule has 2 aromatic rings. The standard InChI is InChI=1S/C26H33F2NO6/c1-4-18(5-2)17-29(26(32)35-23-12-9-20(27)16-22(23)28)13-14-34-21-10-7-19(8-11-21)15-24(25(30)31)33-6-3/h7-12,16,18,24H,4-6,13-15,17H2,1-3H3,(H,30,31). The molecule has 1 atom stereocenters. The Morgan fingerprint density at radius 2 is 1.71 bits per heavy atom. The Labute approximate surface area is 204 Å². The highest BCUT2D eigenvalue weighted by molar-refractivity contribution is 5.72. The summed E-state index contributed by atoms with van der Waals surface area (Å²) in [6, 6.07) is 9.73. The Kier molecular flexibility index (Phi) is 11.4. The number of carbonyl (C=O) groups is 2. The molecule has 0 aromatic heterocycles. The van der Waals surface area contributed by atoms with E-state index in [4.69, 9.17) is 14.2 Å². The van der Waals surface area contributed by atoms with Crippen LogP contribution in [0.5, 0.6) is 11.5 Å². The van der Waals surface area contributed by atoms with Gasteiger partial charge >= 0.3 is 12.1 Å². The maximum atomic E-state index is 13.9. The zero-order valence-electron chi connectivity index (χ0n) is 20.3. The fourth-order valence-corrected chi connectivity index (χ4v) is 3.46. The molecule has 2 rings (SSSR count). The minimum atomic E-state index is -1.02. The van der Waals surface area contributed by atoms with Crippen molar-refractivity contribution in [3.05, 3.63) is 59.7 Å². The molecule has 0 spiro atoms. The second-order valence-electron chi connectivity index (χ2n) is 8.05. The predicted octanol–water partition coefficient (Wildman–Crippen LogP) is 5.31. The Hall–Kier alpha value is -3.20. The smallest absolute Gasteiger partial charge is 0.415 e. The third-order valence-corrected chi connectivity index (χ3v) is 5.60. The first-order valence-corrected chi connectivity index (χ1v) is 11.7. The number of halogens is 2. The van der Waals surface area contributed by atoms with Crippen molar-refractivity contribution in [2.75, 3.05) is 26.3 Å². The number of nitrogens with zero attached hydrogens (tertiary/aromatic N) is 1. The van der Waals surface area contributed by atoms with E-state index in [2.05, 4.69) is 0 Å². The van der Waals surface area contributed by atoms with Gasteiger partial charge in [0.2, 0.25) is 0 Å². The monoisotopic (exact) mass is 493 g/mol. The van der Waals surface area contributed by atoms with Crippen molar-refractivity contribution in [2.45, 2.75) is 46.1 Å². The lowest BCUT2D eigenvalue weighted by Crippen LogP contribution is -2.40. The van der Waals surface area contributed by atoms with Gasteiger partial charge in [-0.15, -0.1) is 0 Å². The second kappa shape index (κ2) is 14.3. The molecular weight excluding hydrogens is 460 g/mol. The maximum Gasteiger partial charge on any atom is 0.415 e. The number of ether oxygens (including phenoxy) is 3. The Morgan fingerprint density at radius 3 is 2.29 bits per heavy atom. The second-order valence-corrected chi connectivity index (χ2v) is 8.05. The van der Waals surface area contributed by atoms with Gasteiger partial charge in [-0.1, -0.05) is 38.8 Å². The molecule has 192 valence electrons. The Morgan fingerprint density at radius 1 is 1.03 bits per heavy atom. The molecule has 1 unspecified atom stereocenters. The van der Waals surface area contributed by atoms with E-state index < -0.39 is 29.8 Å². The van der Waals surface area contributed by atoms with E-state index in [1.54, 1.807) is 31.2 Å². The van der Waals surface area contributed by atoms with E-state index in [-0.39, 0.29) is 31.2 Å². The van der Waals surface area contributed by atoms with Gasteiger partial charge in [-0.2, -0.15) is 0 Å². The van der Waals surface area contributed by atoms with Gasteiger partial charge in [0, 0.05) is 25.6 Å². The number of amides is 1. The lowest BCUT2D eigenvalue weighted by atomic mass is 10.0. The van der Waals surface area contributed by atoms with Crippen LogP contribution in [-0.4, -0.2) is 54.5 Å². The first-order chi connectivity index (χ1) is 16.8. The van der Waals surface area contributed by atoms with Crippen molar-refractivity contribution < 1.29 is 37.7 Å². The molecular formula is C26H33F2NO6. The number of hydrogen-bond donors (Lipinski definition) is 1. The summed E-state index contributed by atoms with van der Waals surface area (Å²) in [7, 11) is 0. The highest BCUT2D eigenvalue weighted by Crippen LogP contribution is 2.20. The van der Waals surface area contributed by atoms with Gasteiger partial charge in [-0.25, -0.2) is 18.4 Å². The molecule has 0 bridgehead atoms. The summed E-state index contributed by atoms with van der Waals surface area (Å²) in [4.78, 5) is 25.5. The van der Waals surface area contributed by atoms with Crippen LogP contribution in [0.25, 0.3) is 0 Å². The zero-order valence-corrected chi connectivity index (χ0v) is 20.3. The first-order valence-electron chi connectivity index (χ1n) is 11.7. The molecule has 0 saturated carbocycles. The molecule has 0 aliphatic rings. The van der Waals surface area contributed by atoms with E-state index in [9.17, 15) is 23.5 Å². The SMILES string of the molecule is CCOC(Cc1ccc(OCCN(CC(CC)CC)C(=O)Oc2ccc(F)cc2F)cc1)C(=O)O. The van der Waals surface area contributed by atoms with E-state index >= 15 is 0 Å². The average molecular weight is 494 g/mol. The zero-order chi connectivity index (χ0) is 25.8. The summed E-state index contributed by atoms with van der Waals surface area (Å²) < 4.78 is 43.3. The average Bonchev–Trinajstić information content (AvgIpc) is 2.83. The van der Waals surface area contributed by atoms with Gasteiger partial charge in [-0.3, -0.25) is 0 Å². The fourth-order valence-electron chi connectivity index (χ4n) is 3.46. The summed E-state index contributed by atoms with van der Waals surface area (Å²) in [5.74, 6) is -2.28. The minimum Gasteiger partial charge on any atom is -0.492 e. The first kappa shape index (κ1) is 28.0. The van der Waals surface area contributed by atoms with Gasteiger partial charge in [-0.05, 0) is 42.7 Å². The molecule has 9 heteroatoms. The summed E-state index contributed by atoms with van der Waals surface area (Å²) in [6.45, 7) is 6.87. The Bertz CT molecular complexity index is 949. The maximum absolute atomic E-state index is 13.9. The number of hydrogen-bond acceptors (Lipinski definition) is 5. The summed E-state index contributed by atoms with van der Waals surface area (Å²) >= 11 is 0. The summed E-state index contributed by atoms with van der Waals surface area (Å²) in [5.41, 5.74) is 0.790. The van der Waals surface area contributed by atoms with Crippen molar-refractivity contribution in [3.63, 3.8) is 0 Å². The van der Waals surface area contributed by atoms with Crippen molar-refractivity contribution >= 4 is 12.1 Å². The van der Waals surface area contributed by atoms with Gasteiger partial charge in [0.1, 0.15) is 18.2 Å². The molecule has 2 aromatic carbocycles. The van der Waals surface area contributed by atoms with Crippen LogP contribution in [0, 0.1) is 17.6 Å². The number of aliphatic carboxylic acids is 1. The van der Waals surface area contributed by atoms with Gasteiger partial charge in [0.25, 0.3) is 0 Å². The fraction of sp³-hybridized carbons (Fsp3) is 0.462. The minimum absolute atomic E-state index is 0.164. The van der Waals surface area contributed by atoms with Crippen molar-refractivity contribution in [1.29, 1.82) is 0 Å². The lowest BCUT2D eigenvalue weighted by molar-refractivity contribution is -0.149. The molecule has 0 radical (unpaired) electrons. The quantitative estimate of drug-likeness (QED) is 0.384. The summed E-state index contributed by atoms with van der Waals surface area (Å²) in [5, 5.41) is 9.22. The van der Waals surface area contributed by atoms with E-state index in [0.717, 1.165) is 30.5 Å². The topological polar surface area (TPSA) is 85.3 Å². The summed E-state index contributed by atoms with van der Waals surface area (Å²) in [6.07, 6.45) is 0.289. The van der Waals surface area contributed by atoms with E-state index in [1.807, 2.05) is 13.8 Å². The van der Waals surface area contributed by atoms with Crippen molar-refractivity contribution in [3.8, 4) is 11.5 Å². The van der Waals surface area contributed by atoms with Crippen LogP contribution in [-0.2, 0) is 16.0 Å². The largest absolute Gasteiger partial charge is 0.492 e. The van der Waals surface area contributed by atoms with Crippen LogP contribution in [0.3, 0.4) is 0 Å². The van der Waals surface area contributed by atoms with Crippen LogP contribution in [0.2, 0.25) is 0 Å². The molecule has 0 aliphatic heterocycles. The van der Waals surface area contributed by atoms with Gasteiger partial charge in [0.05, 0.1) is 6.54 Å². The van der Waals surface area contributed by atoms with Crippen molar-refractivity contribution in [1.82, 2.24) is 4.90 Å². The molecule has 0 fully saturated rings. The number of rotatable bonds is 14. The van der Waals surface area contributed by atoms with Gasteiger partial charge < -0.3 is 24.2 Å². The third-order valence-electron chi connectivity index (χ3n) is 5.60. The van der Waals surface area contributed by atoms with Crippen LogP contribution < -0.4 is 9.47 Å². The Balaban J connectivity index is 1.98. The number of carboxylic acid groups (broad SMARTS) is 1. The van der Waals surface area contributed by atoms with Crippen LogP contribution >= 0.6 is 0 Å². The van der Waals surface area contributed by atoms with E-state index in [1.165, 1.54) is 4.90 Å². The molecule has 7 nitrogen and oxygen atoms in total. The predicted molar refractivity (Wildman–Crippen MR) is 127 cm³/mol. The van der Waals surface area contributed by atoms with Crippen LogP contribution in [0.4, 0.5) is 13.6 Å². The van der Waals surface area contributed by atoms with Crippen molar-refractivity contribution in [2.24, 2.45) is 5.92 Å². The molecule has 0 heterocycles. The number of benzene rings is 2. The molecule has 1 N–H and O–H groups in total. The lowest BCUT2D eigenvalue weighted by Gasteiger charge is -2.26. The highest BCUT2D eigenvalue weighted by Gasteiger charge is 2.21. The number of carbonyl (C=O) groups excluding carboxylic acids is 1. The van der Waals surface area contributed by atoms with E-state index in [0.29, 0.717) is 25.0 Å². The normalized spacial score (nSPS) is 11.8. The molecule has 0 saturated heterocycles. The highest BCUT2D eigenvalue weighted by atomic mass is 19.1. The van der Waals surface area contributed by atoms with Gasteiger partial charge in [0.15, 0.2) is 17.7 Å². The number of carboxylic acids is 1. The molecule has 0 aliphatic carbocycles. The molecule has 1 amide bonds. The van der Waals surface area contributed by atoms with Crippen LogP contribution in [0.1, 0.15) is 39.2 Å². The van der Waals surface area contributed by atoms with Crippen LogP contribution in [0.15, 0.2) is 42.5 Å².